The minimum Gasteiger partial charge on any atom is -0.497 e. The first-order valence-corrected chi connectivity index (χ1v) is 7.26. The van der Waals surface area contributed by atoms with E-state index in [2.05, 4.69) is 5.32 Å². The molecule has 1 aliphatic rings. The van der Waals surface area contributed by atoms with E-state index in [0.717, 1.165) is 24.2 Å². The zero-order valence-electron chi connectivity index (χ0n) is 12.6. The third kappa shape index (κ3) is 4.21. The summed E-state index contributed by atoms with van der Waals surface area (Å²) in [5.41, 5.74) is 1.05. The van der Waals surface area contributed by atoms with Crippen LogP contribution in [0.5, 0.6) is 5.75 Å². The topological polar surface area (TPSA) is 58.6 Å². The van der Waals surface area contributed by atoms with Crippen molar-refractivity contribution in [3.63, 3.8) is 0 Å². The molecule has 1 aromatic rings. The van der Waals surface area contributed by atoms with Crippen molar-refractivity contribution in [2.45, 2.75) is 26.3 Å². The normalized spacial score (nSPS) is 15.6. The predicted octanol–water partition coefficient (Wildman–Crippen LogP) is 1.57. The molecule has 2 amide bonds. The number of likely N-dealkylation sites (tertiary alicyclic amines) is 1. The zero-order valence-corrected chi connectivity index (χ0v) is 12.6. The van der Waals surface area contributed by atoms with E-state index in [-0.39, 0.29) is 17.7 Å². The summed E-state index contributed by atoms with van der Waals surface area (Å²) >= 11 is 0. The maximum Gasteiger partial charge on any atom is 0.223 e. The number of nitrogens with zero attached hydrogens (tertiary/aromatic N) is 1. The lowest BCUT2D eigenvalue weighted by Crippen LogP contribution is -2.42. The number of rotatable bonds is 4. The molecule has 21 heavy (non-hydrogen) atoms. The summed E-state index contributed by atoms with van der Waals surface area (Å²) in [4.78, 5) is 25.2. The number of nitrogens with one attached hydrogen (secondary N) is 1. The van der Waals surface area contributed by atoms with Crippen molar-refractivity contribution in [3.8, 4) is 5.75 Å². The minimum atomic E-state index is 0.0128. The molecule has 1 aliphatic heterocycles. The Labute approximate surface area is 125 Å². The van der Waals surface area contributed by atoms with E-state index in [1.165, 1.54) is 0 Å². The smallest absolute Gasteiger partial charge is 0.223 e. The van der Waals surface area contributed by atoms with Gasteiger partial charge in [0.15, 0.2) is 0 Å². The summed E-state index contributed by atoms with van der Waals surface area (Å²) in [6.45, 7) is 3.45. The maximum absolute atomic E-state index is 12.1. The fourth-order valence-corrected chi connectivity index (χ4v) is 2.53. The number of amides is 2. The minimum absolute atomic E-state index is 0.0128. The molecular weight excluding hydrogens is 268 g/mol. The first kappa shape index (κ1) is 15.4. The SMILES string of the molecule is COc1ccc(CNC(=O)C2CCN(C(C)=O)CC2)cc1. The lowest BCUT2D eigenvalue weighted by Gasteiger charge is -2.30. The highest BCUT2D eigenvalue weighted by Crippen LogP contribution is 2.18. The van der Waals surface area contributed by atoms with E-state index in [0.29, 0.717) is 19.6 Å². The highest BCUT2D eigenvalue weighted by Gasteiger charge is 2.25. The molecular formula is C16H22N2O3. The van der Waals surface area contributed by atoms with Gasteiger partial charge in [-0.05, 0) is 30.5 Å². The van der Waals surface area contributed by atoms with E-state index in [4.69, 9.17) is 4.74 Å². The van der Waals surface area contributed by atoms with Gasteiger partial charge in [0.05, 0.1) is 7.11 Å². The molecule has 0 aromatic heterocycles. The van der Waals surface area contributed by atoms with Gasteiger partial charge in [0, 0.05) is 32.5 Å². The third-order valence-corrected chi connectivity index (χ3v) is 3.94. The van der Waals surface area contributed by atoms with E-state index < -0.39 is 0 Å². The molecule has 5 heteroatoms. The third-order valence-electron chi connectivity index (χ3n) is 3.94. The maximum atomic E-state index is 12.1. The van der Waals surface area contributed by atoms with Crippen LogP contribution < -0.4 is 10.1 Å². The Morgan fingerprint density at radius 2 is 1.86 bits per heavy atom. The summed E-state index contributed by atoms with van der Waals surface area (Å²) in [5.74, 6) is 0.988. The number of hydrogen-bond donors (Lipinski definition) is 1. The quantitative estimate of drug-likeness (QED) is 0.915. The van der Waals surface area contributed by atoms with Gasteiger partial charge >= 0.3 is 0 Å². The summed E-state index contributed by atoms with van der Waals surface area (Å²) in [7, 11) is 1.63. The molecule has 1 fully saturated rings. The highest BCUT2D eigenvalue weighted by atomic mass is 16.5. The van der Waals surface area contributed by atoms with E-state index in [9.17, 15) is 9.59 Å². The van der Waals surface area contributed by atoms with Gasteiger partial charge in [-0.2, -0.15) is 0 Å². The average Bonchev–Trinajstić information content (AvgIpc) is 2.53. The van der Waals surface area contributed by atoms with Crippen LogP contribution in [0.1, 0.15) is 25.3 Å². The Bertz CT molecular complexity index is 491. The van der Waals surface area contributed by atoms with Crippen molar-refractivity contribution in [1.82, 2.24) is 10.2 Å². The number of benzene rings is 1. The van der Waals surface area contributed by atoms with Crippen LogP contribution in [0.3, 0.4) is 0 Å². The standard InChI is InChI=1S/C16H22N2O3/c1-12(19)18-9-7-14(8-10-18)16(20)17-11-13-3-5-15(21-2)6-4-13/h3-6,14H,7-11H2,1-2H3,(H,17,20). The summed E-state index contributed by atoms with van der Waals surface area (Å²) in [6, 6.07) is 7.65. The molecule has 1 aromatic carbocycles. The van der Waals surface area contributed by atoms with Crippen LogP contribution in [0, 0.1) is 5.92 Å². The summed E-state index contributed by atoms with van der Waals surface area (Å²) < 4.78 is 5.10. The van der Waals surface area contributed by atoms with Crippen LogP contribution >= 0.6 is 0 Å². The predicted molar refractivity (Wildman–Crippen MR) is 79.8 cm³/mol. The van der Waals surface area contributed by atoms with Crippen molar-refractivity contribution < 1.29 is 14.3 Å². The summed E-state index contributed by atoms with van der Waals surface area (Å²) in [5, 5.41) is 2.97. The van der Waals surface area contributed by atoms with E-state index in [1.54, 1.807) is 18.9 Å². The Balaban J connectivity index is 1.78. The Morgan fingerprint density at radius 3 is 2.38 bits per heavy atom. The largest absolute Gasteiger partial charge is 0.497 e. The molecule has 0 spiro atoms. The van der Waals surface area contributed by atoms with Gasteiger partial charge < -0.3 is 15.0 Å². The van der Waals surface area contributed by atoms with Crippen LogP contribution in [-0.2, 0) is 16.1 Å². The van der Waals surface area contributed by atoms with Crippen molar-refractivity contribution in [3.05, 3.63) is 29.8 Å². The molecule has 0 aliphatic carbocycles. The van der Waals surface area contributed by atoms with Crippen molar-refractivity contribution in [1.29, 1.82) is 0 Å². The number of methoxy groups -OCH3 is 1. The van der Waals surface area contributed by atoms with Crippen molar-refractivity contribution in [2.75, 3.05) is 20.2 Å². The van der Waals surface area contributed by atoms with Crippen LogP contribution in [-0.4, -0.2) is 36.9 Å². The molecule has 1 heterocycles. The average molecular weight is 290 g/mol. The molecule has 5 nitrogen and oxygen atoms in total. The van der Waals surface area contributed by atoms with E-state index >= 15 is 0 Å². The number of piperidine rings is 1. The highest BCUT2D eigenvalue weighted by molar-refractivity contribution is 5.79. The van der Waals surface area contributed by atoms with E-state index in [1.807, 2.05) is 24.3 Å². The van der Waals surface area contributed by atoms with Gasteiger partial charge in [-0.1, -0.05) is 12.1 Å². The van der Waals surface area contributed by atoms with Crippen LogP contribution in [0.25, 0.3) is 0 Å². The second kappa shape index (κ2) is 7.11. The molecule has 1 N–H and O–H groups in total. The number of ether oxygens (including phenoxy) is 1. The molecule has 0 atom stereocenters. The number of carbonyl (C=O) groups is 2. The lowest BCUT2D eigenvalue weighted by molar-refractivity contribution is -0.134. The number of carbonyl (C=O) groups excluding carboxylic acids is 2. The van der Waals surface area contributed by atoms with Gasteiger partial charge in [-0.3, -0.25) is 9.59 Å². The van der Waals surface area contributed by atoms with Crippen LogP contribution in [0.4, 0.5) is 0 Å². The zero-order chi connectivity index (χ0) is 15.2. The molecule has 2 rings (SSSR count). The molecule has 0 unspecified atom stereocenters. The Hall–Kier alpha value is -2.04. The second-order valence-corrected chi connectivity index (χ2v) is 5.35. The first-order valence-electron chi connectivity index (χ1n) is 7.26. The van der Waals surface area contributed by atoms with Gasteiger partial charge in [0.1, 0.15) is 5.75 Å². The molecule has 114 valence electrons. The van der Waals surface area contributed by atoms with Crippen LogP contribution in [0.15, 0.2) is 24.3 Å². The Kier molecular flexibility index (Phi) is 5.20. The molecule has 1 saturated heterocycles. The molecule has 0 radical (unpaired) electrons. The van der Waals surface area contributed by atoms with Crippen molar-refractivity contribution in [2.24, 2.45) is 5.92 Å². The van der Waals surface area contributed by atoms with Gasteiger partial charge in [-0.25, -0.2) is 0 Å². The monoisotopic (exact) mass is 290 g/mol. The molecule has 0 saturated carbocycles. The fraction of sp³-hybridized carbons (Fsp3) is 0.500. The fourth-order valence-electron chi connectivity index (χ4n) is 2.53. The first-order chi connectivity index (χ1) is 10.1. The van der Waals surface area contributed by atoms with Crippen molar-refractivity contribution >= 4 is 11.8 Å². The van der Waals surface area contributed by atoms with Crippen LogP contribution in [0.2, 0.25) is 0 Å². The lowest BCUT2D eigenvalue weighted by atomic mass is 9.96. The molecule has 0 bridgehead atoms. The number of hydrogen-bond acceptors (Lipinski definition) is 3. The summed E-state index contributed by atoms with van der Waals surface area (Å²) in [6.07, 6.45) is 1.49. The second-order valence-electron chi connectivity index (χ2n) is 5.35. The van der Waals surface area contributed by atoms with Gasteiger partial charge in [0.25, 0.3) is 0 Å². The Morgan fingerprint density at radius 1 is 1.24 bits per heavy atom. The van der Waals surface area contributed by atoms with Gasteiger partial charge in [0.2, 0.25) is 11.8 Å². The van der Waals surface area contributed by atoms with Gasteiger partial charge in [-0.15, -0.1) is 0 Å².